The number of carbonyl (C=O) groups is 1. The monoisotopic (exact) mass is 400 g/mol. The van der Waals surface area contributed by atoms with Gasteiger partial charge in [-0.05, 0) is 23.3 Å². The molecule has 1 amide bonds. The summed E-state index contributed by atoms with van der Waals surface area (Å²) in [7, 11) is 1.63. The van der Waals surface area contributed by atoms with Crippen molar-refractivity contribution in [1.82, 2.24) is 15.5 Å². The molecule has 3 aromatic rings. The Balaban J connectivity index is 1.39. The molecule has 0 bridgehead atoms. The van der Waals surface area contributed by atoms with Crippen LogP contribution in [-0.4, -0.2) is 29.0 Å². The molecule has 0 unspecified atom stereocenters. The molecule has 6 nitrogen and oxygen atoms in total. The van der Waals surface area contributed by atoms with Gasteiger partial charge in [-0.25, -0.2) is 0 Å². The number of amides is 1. The summed E-state index contributed by atoms with van der Waals surface area (Å²) in [6.07, 6.45) is 0. The van der Waals surface area contributed by atoms with E-state index in [4.69, 9.17) is 4.74 Å². The van der Waals surface area contributed by atoms with Gasteiger partial charge in [0, 0.05) is 13.1 Å². The van der Waals surface area contributed by atoms with Crippen LogP contribution in [0, 0.1) is 0 Å². The standard InChI is InChI=1S/C19H20N4O2S2/c1-25-16-9-7-15(8-10-16)11-20-17(24)13-26-19-23-22-18(27-19)21-12-14-5-3-2-4-6-14/h2-10H,11-13H2,1H3,(H,20,24)(H,21,22). The van der Waals surface area contributed by atoms with E-state index in [1.54, 1.807) is 7.11 Å². The third-order valence-electron chi connectivity index (χ3n) is 3.67. The van der Waals surface area contributed by atoms with E-state index in [1.165, 1.54) is 28.7 Å². The van der Waals surface area contributed by atoms with Crippen LogP contribution in [0.25, 0.3) is 0 Å². The zero-order valence-corrected chi connectivity index (χ0v) is 16.5. The van der Waals surface area contributed by atoms with Gasteiger partial charge in [-0.2, -0.15) is 0 Å². The summed E-state index contributed by atoms with van der Waals surface area (Å²) in [5.41, 5.74) is 2.21. The van der Waals surface area contributed by atoms with Crippen molar-refractivity contribution in [3.8, 4) is 5.75 Å². The van der Waals surface area contributed by atoms with Crippen LogP contribution in [-0.2, 0) is 17.9 Å². The second-order valence-electron chi connectivity index (χ2n) is 5.63. The van der Waals surface area contributed by atoms with E-state index in [-0.39, 0.29) is 5.91 Å². The number of nitrogens with zero attached hydrogens (tertiary/aromatic N) is 2. The predicted molar refractivity (Wildman–Crippen MR) is 109 cm³/mol. The van der Waals surface area contributed by atoms with E-state index < -0.39 is 0 Å². The van der Waals surface area contributed by atoms with Gasteiger partial charge in [-0.1, -0.05) is 65.6 Å². The number of benzene rings is 2. The first-order valence-corrected chi connectivity index (χ1v) is 10.2. The fourth-order valence-electron chi connectivity index (χ4n) is 2.24. The molecule has 1 aromatic heterocycles. The maximum absolute atomic E-state index is 12.0. The molecule has 1 heterocycles. The van der Waals surface area contributed by atoms with Crippen molar-refractivity contribution in [3.05, 3.63) is 65.7 Å². The van der Waals surface area contributed by atoms with E-state index >= 15 is 0 Å². The average molecular weight is 401 g/mol. The molecule has 0 spiro atoms. The largest absolute Gasteiger partial charge is 0.497 e. The van der Waals surface area contributed by atoms with Crippen LogP contribution in [0.15, 0.2) is 58.9 Å². The van der Waals surface area contributed by atoms with Crippen LogP contribution < -0.4 is 15.4 Å². The highest BCUT2D eigenvalue weighted by atomic mass is 32.2. The van der Waals surface area contributed by atoms with Crippen molar-refractivity contribution in [2.75, 3.05) is 18.2 Å². The zero-order valence-electron chi connectivity index (χ0n) is 14.8. The smallest absolute Gasteiger partial charge is 0.230 e. The number of rotatable bonds is 9. The van der Waals surface area contributed by atoms with Gasteiger partial charge in [-0.3, -0.25) is 4.79 Å². The Bertz CT molecular complexity index is 854. The third kappa shape index (κ3) is 6.26. The number of carbonyl (C=O) groups excluding carboxylic acids is 1. The summed E-state index contributed by atoms with van der Waals surface area (Å²) in [6.45, 7) is 1.19. The van der Waals surface area contributed by atoms with Gasteiger partial charge in [0.25, 0.3) is 0 Å². The molecular weight excluding hydrogens is 380 g/mol. The molecule has 3 rings (SSSR count). The second kappa shape index (κ2) is 9.94. The second-order valence-corrected chi connectivity index (χ2v) is 7.83. The average Bonchev–Trinajstić information content (AvgIpc) is 3.18. The number of nitrogens with one attached hydrogen (secondary N) is 2. The van der Waals surface area contributed by atoms with E-state index in [0.717, 1.165) is 20.8 Å². The molecule has 2 aromatic carbocycles. The first-order chi connectivity index (χ1) is 13.2. The predicted octanol–water partition coefficient (Wildman–Crippen LogP) is 3.57. The quantitative estimate of drug-likeness (QED) is 0.535. The number of hydrogen-bond donors (Lipinski definition) is 2. The summed E-state index contributed by atoms with van der Waals surface area (Å²) in [5.74, 6) is 1.07. The Morgan fingerprint density at radius 2 is 1.78 bits per heavy atom. The highest BCUT2D eigenvalue weighted by Crippen LogP contribution is 2.25. The molecule has 0 aliphatic rings. The van der Waals surface area contributed by atoms with Gasteiger partial charge in [0.15, 0.2) is 4.34 Å². The van der Waals surface area contributed by atoms with Crippen molar-refractivity contribution in [3.63, 3.8) is 0 Å². The number of methoxy groups -OCH3 is 1. The Labute approximate surface area is 166 Å². The van der Waals surface area contributed by atoms with Crippen molar-refractivity contribution in [2.45, 2.75) is 17.4 Å². The minimum Gasteiger partial charge on any atom is -0.497 e. The number of aromatic nitrogens is 2. The fourth-order valence-corrected chi connectivity index (χ4v) is 3.81. The van der Waals surface area contributed by atoms with E-state index in [1.807, 2.05) is 42.5 Å². The van der Waals surface area contributed by atoms with Gasteiger partial charge < -0.3 is 15.4 Å². The molecule has 140 valence electrons. The van der Waals surface area contributed by atoms with Gasteiger partial charge in [-0.15, -0.1) is 10.2 Å². The molecule has 0 aliphatic heterocycles. The minimum absolute atomic E-state index is 0.0372. The fraction of sp³-hybridized carbons (Fsp3) is 0.211. The Morgan fingerprint density at radius 1 is 1.04 bits per heavy atom. The van der Waals surface area contributed by atoms with Gasteiger partial charge >= 0.3 is 0 Å². The molecule has 2 N–H and O–H groups in total. The lowest BCUT2D eigenvalue weighted by molar-refractivity contribution is -0.118. The van der Waals surface area contributed by atoms with Crippen LogP contribution in [0.1, 0.15) is 11.1 Å². The normalized spacial score (nSPS) is 10.4. The highest BCUT2D eigenvalue weighted by Gasteiger charge is 2.08. The van der Waals surface area contributed by atoms with Crippen LogP contribution >= 0.6 is 23.1 Å². The number of thioether (sulfide) groups is 1. The maximum Gasteiger partial charge on any atom is 0.230 e. The molecule has 0 saturated carbocycles. The Morgan fingerprint density at radius 3 is 2.52 bits per heavy atom. The Hall–Kier alpha value is -2.58. The van der Waals surface area contributed by atoms with E-state index in [9.17, 15) is 4.79 Å². The molecule has 27 heavy (non-hydrogen) atoms. The molecule has 0 saturated heterocycles. The summed E-state index contributed by atoms with van der Waals surface area (Å²) in [6, 6.07) is 17.7. The van der Waals surface area contributed by atoms with Crippen LogP contribution in [0.2, 0.25) is 0 Å². The first kappa shape index (κ1) is 19.2. The van der Waals surface area contributed by atoms with E-state index in [2.05, 4.69) is 33.0 Å². The summed E-state index contributed by atoms with van der Waals surface area (Å²) in [4.78, 5) is 12.0. The van der Waals surface area contributed by atoms with Gasteiger partial charge in [0.05, 0.1) is 12.9 Å². The Kier molecular flexibility index (Phi) is 7.06. The summed E-state index contributed by atoms with van der Waals surface area (Å²) >= 11 is 2.83. The van der Waals surface area contributed by atoms with Crippen molar-refractivity contribution < 1.29 is 9.53 Å². The van der Waals surface area contributed by atoms with Crippen LogP contribution in [0.5, 0.6) is 5.75 Å². The van der Waals surface area contributed by atoms with Crippen LogP contribution in [0.4, 0.5) is 5.13 Å². The molecule has 0 fully saturated rings. The maximum atomic E-state index is 12.0. The molecule has 0 radical (unpaired) electrons. The van der Waals surface area contributed by atoms with Crippen molar-refractivity contribution in [2.24, 2.45) is 0 Å². The van der Waals surface area contributed by atoms with E-state index in [0.29, 0.717) is 18.8 Å². The molecule has 0 atom stereocenters. The summed E-state index contributed by atoms with van der Waals surface area (Å²) in [5, 5.41) is 15.1. The SMILES string of the molecule is COc1ccc(CNC(=O)CSc2nnc(NCc3ccccc3)s2)cc1. The molecule has 0 aliphatic carbocycles. The molecule has 8 heteroatoms. The zero-order chi connectivity index (χ0) is 18.9. The highest BCUT2D eigenvalue weighted by molar-refractivity contribution is 8.01. The first-order valence-electron chi connectivity index (χ1n) is 8.36. The lowest BCUT2D eigenvalue weighted by Crippen LogP contribution is -2.24. The minimum atomic E-state index is -0.0372. The lowest BCUT2D eigenvalue weighted by atomic mass is 10.2. The topological polar surface area (TPSA) is 76.1 Å². The molecular formula is C19H20N4O2S2. The van der Waals surface area contributed by atoms with Crippen LogP contribution in [0.3, 0.4) is 0 Å². The summed E-state index contributed by atoms with van der Waals surface area (Å²) < 4.78 is 5.89. The third-order valence-corrected chi connectivity index (χ3v) is 5.68. The lowest BCUT2D eigenvalue weighted by Gasteiger charge is -2.05. The van der Waals surface area contributed by atoms with Crippen molar-refractivity contribution >= 4 is 34.1 Å². The number of hydrogen-bond acceptors (Lipinski definition) is 7. The number of anilines is 1. The van der Waals surface area contributed by atoms with Gasteiger partial charge in [0.2, 0.25) is 11.0 Å². The van der Waals surface area contributed by atoms with Gasteiger partial charge in [0.1, 0.15) is 5.75 Å². The number of ether oxygens (including phenoxy) is 1. The van der Waals surface area contributed by atoms with Crippen molar-refractivity contribution in [1.29, 1.82) is 0 Å².